The second-order valence-corrected chi connectivity index (χ2v) is 5.47. The van der Waals surface area contributed by atoms with Crippen molar-refractivity contribution in [2.45, 2.75) is 45.8 Å². The molecule has 0 unspecified atom stereocenters. The Bertz CT molecular complexity index is 219. The van der Waals surface area contributed by atoms with E-state index in [2.05, 4.69) is 5.32 Å². The van der Waals surface area contributed by atoms with Gasteiger partial charge in [0, 0.05) is 19.1 Å². The largest absolute Gasteiger partial charge is 0.444 e. The van der Waals surface area contributed by atoms with Crippen molar-refractivity contribution in [2.75, 3.05) is 20.6 Å². The van der Waals surface area contributed by atoms with Gasteiger partial charge in [0.15, 0.2) is 0 Å². The zero-order chi connectivity index (χ0) is 12.3. The van der Waals surface area contributed by atoms with Crippen molar-refractivity contribution in [3.05, 3.63) is 0 Å². The molecule has 0 aromatic heterocycles. The molecular weight excluding hydrogens is 192 g/mol. The van der Waals surface area contributed by atoms with E-state index in [1.165, 1.54) is 0 Å². The van der Waals surface area contributed by atoms with E-state index in [0.29, 0.717) is 6.54 Å². The fourth-order valence-electron chi connectivity index (χ4n) is 1.08. The fraction of sp³-hybridized carbons (Fsp3) is 0.909. The van der Waals surface area contributed by atoms with Crippen LogP contribution in [-0.2, 0) is 4.74 Å². The lowest BCUT2D eigenvalue weighted by molar-refractivity contribution is 0.0261. The van der Waals surface area contributed by atoms with Gasteiger partial charge in [-0.05, 0) is 41.7 Å². The van der Waals surface area contributed by atoms with Crippen molar-refractivity contribution < 1.29 is 9.53 Å². The number of rotatable bonds is 3. The first kappa shape index (κ1) is 14.2. The number of amides is 1. The molecular formula is C11H24N2O2. The monoisotopic (exact) mass is 216 g/mol. The second kappa shape index (κ2) is 4.84. The molecule has 0 aromatic rings. The Morgan fingerprint density at radius 2 is 1.73 bits per heavy atom. The number of likely N-dealkylation sites (N-methyl/N-ethyl adjacent to an activating group) is 2. The third kappa shape index (κ3) is 6.33. The molecule has 0 bridgehead atoms. The second-order valence-electron chi connectivity index (χ2n) is 5.47. The van der Waals surface area contributed by atoms with Crippen LogP contribution in [0.15, 0.2) is 0 Å². The molecule has 0 aliphatic carbocycles. The van der Waals surface area contributed by atoms with Gasteiger partial charge in [-0.25, -0.2) is 4.79 Å². The molecule has 0 aromatic carbocycles. The molecule has 0 atom stereocenters. The minimum Gasteiger partial charge on any atom is -0.444 e. The summed E-state index contributed by atoms with van der Waals surface area (Å²) in [5.74, 6) is 0. The Morgan fingerprint density at radius 3 is 2.07 bits per heavy atom. The topological polar surface area (TPSA) is 41.6 Å². The van der Waals surface area contributed by atoms with E-state index in [9.17, 15) is 4.79 Å². The predicted molar refractivity (Wildman–Crippen MR) is 62.0 cm³/mol. The number of hydrogen-bond acceptors (Lipinski definition) is 3. The zero-order valence-corrected chi connectivity index (χ0v) is 11.0. The zero-order valence-electron chi connectivity index (χ0n) is 11.0. The highest BCUT2D eigenvalue weighted by Gasteiger charge is 2.24. The van der Waals surface area contributed by atoms with Crippen LogP contribution in [0.4, 0.5) is 4.79 Å². The molecule has 0 spiro atoms. The number of nitrogens with one attached hydrogen (secondary N) is 1. The standard InChI is InChI=1S/C11H24N2O2/c1-10(2,3)15-9(14)13(7)8-11(4,5)12-6/h12H,8H2,1-7H3. The van der Waals surface area contributed by atoms with E-state index < -0.39 is 5.60 Å². The van der Waals surface area contributed by atoms with Crippen LogP contribution in [0.5, 0.6) is 0 Å². The van der Waals surface area contributed by atoms with Crippen LogP contribution in [0, 0.1) is 0 Å². The Kier molecular flexibility index (Phi) is 4.59. The minimum absolute atomic E-state index is 0.106. The summed E-state index contributed by atoms with van der Waals surface area (Å²) in [7, 11) is 3.62. The number of nitrogens with zero attached hydrogens (tertiary/aromatic N) is 1. The molecule has 4 heteroatoms. The third-order valence-electron chi connectivity index (χ3n) is 2.01. The van der Waals surface area contributed by atoms with Gasteiger partial charge in [0.2, 0.25) is 0 Å². The van der Waals surface area contributed by atoms with E-state index >= 15 is 0 Å². The summed E-state index contributed by atoms with van der Waals surface area (Å²) in [6.07, 6.45) is -0.286. The molecule has 1 N–H and O–H groups in total. The molecule has 0 saturated heterocycles. The number of hydrogen-bond donors (Lipinski definition) is 1. The van der Waals surface area contributed by atoms with Gasteiger partial charge < -0.3 is 15.0 Å². The average molecular weight is 216 g/mol. The van der Waals surface area contributed by atoms with Crippen molar-refractivity contribution in [1.29, 1.82) is 0 Å². The van der Waals surface area contributed by atoms with Crippen LogP contribution in [0.3, 0.4) is 0 Å². The van der Waals surface area contributed by atoms with E-state index in [0.717, 1.165) is 0 Å². The molecule has 0 saturated carbocycles. The van der Waals surface area contributed by atoms with Crippen LogP contribution in [0.1, 0.15) is 34.6 Å². The molecule has 0 aliphatic heterocycles. The molecule has 1 amide bonds. The molecule has 15 heavy (non-hydrogen) atoms. The van der Waals surface area contributed by atoms with Gasteiger partial charge in [-0.3, -0.25) is 0 Å². The quantitative estimate of drug-likeness (QED) is 0.783. The van der Waals surface area contributed by atoms with Crippen molar-refractivity contribution in [2.24, 2.45) is 0 Å². The lowest BCUT2D eigenvalue weighted by Crippen LogP contribution is -2.48. The predicted octanol–water partition coefficient (Wildman–Crippen LogP) is 1.85. The first-order valence-electron chi connectivity index (χ1n) is 5.20. The number of carbonyl (C=O) groups excluding carboxylic acids is 1. The summed E-state index contributed by atoms with van der Waals surface area (Å²) in [5, 5.41) is 3.14. The molecule has 0 heterocycles. The lowest BCUT2D eigenvalue weighted by atomic mass is 10.1. The van der Waals surface area contributed by atoms with Gasteiger partial charge in [-0.2, -0.15) is 0 Å². The Morgan fingerprint density at radius 1 is 1.27 bits per heavy atom. The smallest absolute Gasteiger partial charge is 0.410 e. The first-order valence-corrected chi connectivity index (χ1v) is 5.20. The molecule has 90 valence electrons. The summed E-state index contributed by atoms with van der Waals surface area (Å²) in [4.78, 5) is 13.2. The number of ether oxygens (including phenoxy) is 1. The van der Waals surface area contributed by atoms with Crippen LogP contribution in [-0.4, -0.2) is 42.8 Å². The highest BCUT2D eigenvalue weighted by molar-refractivity contribution is 5.67. The first-order chi connectivity index (χ1) is 6.57. The van der Waals surface area contributed by atoms with E-state index in [1.807, 2.05) is 41.7 Å². The molecule has 0 rings (SSSR count). The molecule has 0 radical (unpaired) electrons. The normalized spacial score (nSPS) is 12.5. The lowest BCUT2D eigenvalue weighted by Gasteiger charge is -2.31. The summed E-state index contributed by atoms with van der Waals surface area (Å²) in [6.45, 7) is 10.3. The summed E-state index contributed by atoms with van der Waals surface area (Å²) >= 11 is 0. The fourth-order valence-corrected chi connectivity index (χ4v) is 1.08. The Balaban J connectivity index is 4.23. The molecule has 4 nitrogen and oxygen atoms in total. The summed E-state index contributed by atoms with van der Waals surface area (Å²) in [5.41, 5.74) is -0.541. The van der Waals surface area contributed by atoms with Gasteiger partial charge in [0.1, 0.15) is 5.60 Å². The SMILES string of the molecule is CNC(C)(C)CN(C)C(=O)OC(C)(C)C. The Labute approximate surface area is 93.0 Å². The third-order valence-corrected chi connectivity index (χ3v) is 2.01. The van der Waals surface area contributed by atoms with Gasteiger partial charge in [-0.15, -0.1) is 0 Å². The Hall–Kier alpha value is -0.770. The van der Waals surface area contributed by atoms with Crippen molar-refractivity contribution in [3.8, 4) is 0 Å². The van der Waals surface area contributed by atoms with Crippen LogP contribution in [0.25, 0.3) is 0 Å². The maximum absolute atomic E-state index is 11.6. The van der Waals surface area contributed by atoms with Crippen molar-refractivity contribution in [1.82, 2.24) is 10.2 Å². The van der Waals surface area contributed by atoms with Crippen LogP contribution in [0.2, 0.25) is 0 Å². The van der Waals surface area contributed by atoms with Gasteiger partial charge in [0.05, 0.1) is 0 Å². The van der Waals surface area contributed by atoms with Gasteiger partial charge in [-0.1, -0.05) is 0 Å². The van der Waals surface area contributed by atoms with Crippen molar-refractivity contribution >= 4 is 6.09 Å². The van der Waals surface area contributed by atoms with E-state index in [1.54, 1.807) is 11.9 Å². The minimum atomic E-state index is -0.435. The van der Waals surface area contributed by atoms with Gasteiger partial charge >= 0.3 is 6.09 Å². The highest BCUT2D eigenvalue weighted by Crippen LogP contribution is 2.11. The molecule has 0 fully saturated rings. The van der Waals surface area contributed by atoms with E-state index in [4.69, 9.17) is 4.74 Å². The van der Waals surface area contributed by atoms with Crippen LogP contribution < -0.4 is 5.32 Å². The maximum atomic E-state index is 11.6. The van der Waals surface area contributed by atoms with Gasteiger partial charge in [0.25, 0.3) is 0 Å². The van der Waals surface area contributed by atoms with E-state index in [-0.39, 0.29) is 11.6 Å². The van der Waals surface area contributed by atoms with Crippen LogP contribution >= 0.6 is 0 Å². The van der Waals surface area contributed by atoms with Crippen molar-refractivity contribution in [3.63, 3.8) is 0 Å². The highest BCUT2D eigenvalue weighted by atomic mass is 16.6. The molecule has 0 aliphatic rings. The maximum Gasteiger partial charge on any atom is 0.410 e. The summed E-state index contributed by atoms with van der Waals surface area (Å²) in [6, 6.07) is 0. The summed E-state index contributed by atoms with van der Waals surface area (Å²) < 4.78 is 5.25. The average Bonchev–Trinajstić information content (AvgIpc) is 2.00. The number of carbonyl (C=O) groups is 1.